The Balaban J connectivity index is 2.25. The Labute approximate surface area is 98.1 Å². The van der Waals surface area contributed by atoms with E-state index in [0.717, 1.165) is 25.7 Å². The van der Waals surface area contributed by atoms with E-state index >= 15 is 0 Å². The average Bonchev–Trinajstić information content (AvgIpc) is 2.21. The predicted molar refractivity (Wildman–Crippen MR) is 64.4 cm³/mol. The van der Waals surface area contributed by atoms with E-state index in [2.05, 4.69) is 6.08 Å². The van der Waals surface area contributed by atoms with Crippen molar-refractivity contribution in [2.24, 2.45) is 0 Å². The second-order valence-corrected chi connectivity index (χ2v) is 4.88. The van der Waals surface area contributed by atoms with Gasteiger partial charge in [0.2, 0.25) is 0 Å². The third kappa shape index (κ3) is 4.90. The maximum atomic E-state index is 11.7. The molecule has 1 fully saturated rings. The number of hydrogen-bond acceptors (Lipinski definition) is 3. The maximum Gasteiger partial charge on any atom is 0.134 e. The van der Waals surface area contributed by atoms with Crippen molar-refractivity contribution in [2.45, 2.75) is 58.4 Å². The number of Topliss-reactive ketones (excluding diaryl/α,β-unsaturated/α-hetero) is 1. The lowest BCUT2D eigenvalue weighted by atomic mass is 9.98. The summed E-state index contributed by atoms with van der Waals surface area (Å²) in [7, 11) is 0. The average molecular weight is 225 g/mol. The van der Waals surface area contributed by atoms with E-state index in [1.165, 1.54) is 10.6 Å². The highest BCUT2D eigenvalue weighted by atomic mass is 16.5. The molecule has 0 aromatic carbocycles. The Morgan fingerprint density at radius 2 is 2.19 bits per heavy atom. The van der Waals surface area contributed by atoms with Gasteiger partial charge in [-0.3, -0.25) is 4.79 Å². The van der Waals surface area contributed by atoms with Crippen LogP contribution in [0.2, 0.25) is 0 Å². The summed E-state index contributed by atoms with van der Waals surface area (Å²) in [4.78, 5) is 11.7. The summed E-state index contributed by atoms with van der Waals surface area (Å²) in [6.07, 6.45) is 7.16. The minimum Gasteiger partial charge on any atom is -0.314 e. The molecule has 0 bridgehead atoms. The number of ketones is 1. The molecule has 16 heavy (non-hydrogen) atoms. The van der Waals surface area contributed by atoms with Crippen molar-refractivity contribution in [3.05, 3.63) is 11.6 Å². The first kappa shape index (κ1) is 13.4. The Morgan fingerprint density at radius 1 is 1.44 bits per heavy atom. The first-order valence-corrected chi connectivity index (χ1v) is 6.20. The molecule has 0 amide bonds. The molecule has 1 aliphatic rings. The summed E-state index contributed by atoms with van der Waals surface area (Å²) < 4.78 is 0. The van der Waals surface area contributed by atoms with Crippen LogP contribution in [-0.2, 0) is 4.79 Å². The molecular weight excluding hydrogens is 202 g/mol. The molecule has 0 saturated carbocycles. The Morgan fingerprint density at radius 3 is 2.81 bits per heavy atom. The van der Waals surface area contributed by atoms with Crippen LogP contribution in [0.1, 0.15) is 52.4 Å². The van der Waals surface area contributed by atoms with Crippen molar-refractivity contribution in [1.29, 1.82) is 0 Å². The van der Waals surface area contributed by atoms with Gasteiger partial charge in [0.05, 0.1) is 0 Å². The monoisotopic (exact) mass is 225 g/mol. The van der Waals surface area contributed by atoms with E-state index < -0.39 is 0 Å². The van der Waals surface area contributed by atoms with E-state index in [1.807, 2.05) is 13.8 Å². The fourth-order valence-electron chi connectivity index (χ4n) is 2.08. The molecule has 1 aliphatic heterocycles. The van der Waals surface area contributed by atoms with Gasteiger partial charge >= 0.3 is 0 Å². The normalized spacial score (nSPS) is 21.8. The number of carbonyl (C=O) groups excluding carboxylic acids is 1. The molecule has 1 rings (SSSR count). The van der Waals surface area contributed by atoms with Crippen molar-refractivity contribution >= 4 is 5.78 Å². The van der Waals surface area contributed by atoms with Gasteiger partial charge in [-0.05, 0) is 33.1 Å². The molecule has 1 saturated heterocycles. The molecule has 3 nitrogen and oxygen atoms in total. The van der Waals surface area contributed by atoms with Crippen molar-refractivity contribution < 1.29 is 10.0 Å². The minimum atomic E-state index is 0.0629. The van der Waals surface area contributed by atoms with Crippen LogP contribution < -0.4 is 0 Å². The quantitative estimate of drug-likeness (QED) is 0.731. The second kappa shape index (κ2) is 6.81. The molecule has 92 valence electrons. The van der Waals surface area contributed by atoms with Crippen LogP contribution in [0.15, 0.2) is 11.6 Å². The molecule has 1 atom stereocenters. The lowest BCUT2D eigenvalue weighted by molar-refractivity contribution is -0.150. The summed E-state index contributed by atoms with van der Waals surface area (Å²) in [5.74, 6) is 0.267. The molecule has 3 heteroatoms. The minimum absolute atomic E-state index is 0.0629. The molecule has 0 spiro atoms. The van der Waals surface area contributed by atoms with Gasteiger partial charge in [0.25, 0.3) is 0 Å². The van der Waals surface area contributed by atoms with Crippen molar-refractivity contribution in [3.63, 3.8) is 0 Å². The number of carbonyl (C=O) groups is 1. The van der Waals surface area contributed by atoms with E-state index in [0.29, 0.717) is 19.4 Å². The first-order chi connectivity index (χ1) is 7.59. The summed E-state index contributed by atoms with van der Waals surface area (Å²) >= 11 is 0. The van der Waals surface area contributed by atoms with Gasteiger partial charge in [0.15, 0.2) is 0 Å². The fraction of sp³-hybridized carbons (Fsp3) is 0.769. The predicted octanol–water partition coefficient (Wildman–Crippen LogP) is 2.94. The van der Waals surface area contributed by atoms with Crippen molar-refractivity contribution in [2.75, 3.05) is 6.54 Å². The lowest BCUT2D eigenvalue weighted by Crippen LogP contribution is -2.38. The Bertz CT molecular complexity index is 257. The number of allylic oxidation sites excluding steroid dienone is 2. The summed E-state index contributed by atoms with van der Waals surface area (Å²) in [5.41, 5.74) is 1.26. The smallest absolute Gasteiger partial charge is 0.134 e. The molecule has 1 N–H and O–H groups in total. The third-order valence-corrected chi connectivity index (χ3v) is 3.04. The van der Waals surface area contributed by atoms with Crippen LogP contribution in [0.5, 0.6) is 0 Å². The van der Waals surface area contributed by atoms with Gasteiger partial charge in [-0.2, -0.15) is 5.06 Å². The summed E-state index contributed by atoms with van der Waals surface area (Å²) in [5, 5.41) is 11.0. The van der Waals surface area contributed by atoms with E-state index in [4.69, 9.17) is 0 Å². The number of hydrogen-bond donors (Lipinski definition) is 1. The van der Waals surface area contributed by atoms with Gasteiger partial charge in [-0.15, -0.1) is 0 Å². The SMILES string of the molecule is CC(C)=CCCC(=O)C[C@@H]1CCCCN1O. The standard InChI is InChI=1S/C13H23NO2/c1-11(2)6-5-8-13(15)10-12-7-3-4-9-14(12)16/h6,12,16H,3-5,7-10H2,1-2H3/t12-/m0/s1. The van der Waals surface area contributed by atoms with E-state index in [-0.39, 0.29) is 11.8 Å². The van der Waals surface area contributed by atoms with Gasteiger partial charge in [0.1, 0.15) is 5.78 Å². The van der Waals surface area contributed by atoms with Crippen LogP contribution in [0, 0.1) is 0 Å². The van der Waals surface area contributed by atoms with Crippen LogP contribution in [0.3, 0.4) is 0 Å². The van der Waals surface area contributed by atoms with Crippen LogP contribution >= 0.6 is 0 Å². The van der Waals surface area contributed by atoms with Crippen molar-refractivity contribution in [3.8, 4) is 0 Å². The highest BCUT2D eigenvalue weighted by Gasteiger charge is 2.22. The zero-order valence-corrected chi connectivity index (χ0v) is 10.4. The molecule has 0 aromatic rings. The molecular formula is C13H23NO2. The fourth-order valence-corrected chi connectivity index (χ4v) is 2.08. The van der Waals surface area contributed by atoms with Crippen LogP contribution in [0.4, 0.5) is 0 Å². The summed E-state index contributed by atoms with van der Waals surface area (Å²) in [6.45, 7) is 4.80. The molecule has 0 unspecified atom stereocenters. The number of hydroxylamine groups is 2. The highest BCUT2D eigenvalue weighted by molar-refractivity contribution is 5.79. The zero-order valence-electron chi connectivity index (χ0n) is 10.4. The third-order valence-electron chi connectivity index (χ3n) is 3.04. The number of piperidine rings is 1. The Hall–Kier alpha value is -0.670. The largest absolute Gasteiger partial charge is 0.314 e. The topological polar surface area (TPSA) is 40.5 Å². The second-order valence-electron chi connectivity index (χ2n) is 4.88. The molecule has 0 radical (unpaired) electrons. The van der Waals surface area contributed by atoms with Crippen LogP contribution in [0.25, 0.3) is 0 Å². The maximum absolute atomic E-state index is 11.7. The van der Waals surface area contributed by atoms with E-state index in [1.54, 1.807) is 0 Å². The lowest BCUT2D eigenvalue weighted by Gasteiger charge is -2.29. The molecule has 0 aromatic heterocycles. The molecule has 0 aliphatic carbocycles. The highest BCUT2D eigenvalue weighted by Crippen LogP contribution is 2.18. The number of rotatable bonds is 5. The van der Waals surface area contributed by atoms with Crippen molar-refractivity contribution in [1.82, 2.24) is 5.06 Å². The van der Waals surface area contributed by atoms with Gasteiger partial charge in [-0.25, -0.2) is 0 Å². The zero-order chi connectivity index (χ0) is 12.0. The van der Waals surface area contributed by atoms with Gasteiger partial charge in [0, 0.05) is 25.4 Å². The first-order valence-electron chi connectivity index (χ1n) is 6.20. The Kier molecular flexibility index (Phi) is 5.71. The number of nitrogens with zero attached hydrogens (tertiary/aromatic N) is 1. The van der Waals surface area contributed by atoms with E-state index in [9.17, 15) is 10.0 Å². The molecule has 1 heterocycles. The van der Waals surface area contributed by atoms with Gasteiger partial charge < -0.3 is 5.21 Å². The van der Waals surface area contributed by atoms with Gasteiger partial charge in [-0.1, -0.05) is 18.1 Å². The van der Waals surface area contributed by atoms with Crippen LogP contribution in [-0.4, -0.2) is 28.6 Å². The summed E-state index contributed by atoms with van der Waals surface area (Å²) in [6, 6.07) is 0.0629.